The summed E-state index contributed by atoms with van der Waals surface area (Å²) < 4.78 is 27.1. The fraction of sp³-hybridized carbons (Fsp3) is 0.333. The number of hydrogen-bond acceptors (Lipinski definition) is 4. The van der Waals surface area contributed by atoms with Gasteiger partial charge in [0, 0.05) is 6.54 Å². The number of carbonyl (C=O) groups is 2. The Morgan fingerprint density at radius 1 is 1.43 bits per heavy atom. The van der Waals surface area contributed by atoms with E-state index in [1.807, 2.05) is 0 Å². The molecule has 1 atom stereocenters. The van der Waals surface area contributed by atoms with Crippen LogP contribution in [0.15, 0.2) is 12.1 Å². The van der Waals surface area contributed by atoms with Crippen molar-refractivity contribution in [3.63, 3.8) is 0 Å². The summed E-state index contributed by atoms with van der Waals surface area (Å²) in [5.74, 6) is -4.05. The molecule has 1 aromatic rings. The normalized spacial score (nSPS) is 18.0. The number of rotatable bonds is 3. The molecule has 0 aromatic heterocycles. The summed E-state index contributed by atoms with van der Waals surface area (Å²) in [6.45, 7) is 0.477. The van der Waals surface area contributed by atoms with E-state index < -0.39 is 45.7 Å². The van der Waals surface area contributed by atoms with Gasteiger partial charge in [-0.3, -0.25) is 19.7 Å². The topological polar surface area (TPSA) is 101 Å². The average Bonchev–Trinajstić information content (AvgIpc) is 2.43. The molecule has 1 saturated heterocycles. The number of amides is 2. The van der Waals surface area contributed by atoms with E-state index >= 15 is 0 Å². The molecule has 0 aliphatic carbocycles. The van der Waals surface area contributed by atoms with Crippen LogP contribution in [0.1, 0.15) is 23.2 Å². The number of benzene rings is 1. The molecule has 2 rings (SSSR count). The minimum atomic E-state index is -1.44. The monoisotopic (exact) mass is 299 g/mol. The van der Waals surface area contributed by atoms with Crippen molar-refractivity contribution in [1.29, 1.82) is 0 Å². The largest absolute Gasteiger partial charge is 0.354 e. The van der Waals surface area contributed by atoms with E-state index in [-0.39, 0.29) is 0 Å². The highest BCUT2D eigenvalue weighted by molar-refractivity contribution is 5.98. The van der Waals surface area contributed by atoms with E-state index in [9.17, 15) is 28.5 Å². The van der Waals surface area contributed by atoms with Crippen molar-refractivity contribution in [3.05, 3.63) is 39.4 Å². The molecule has 1 heterocycles. The van der Waals surface area contributed by atoms with E-state index in [2.05, 4.69) is 10.6 Å². The lowest BCUT2D eigenvalue weighted by Gasteiger charge is -2.22. The van der Waals surface area contributed by atoms with E-state index in [4.69, 9.17) is 0 Å². The Bertz CT molecular complexity index is 621. The Kier molecular flexibility index (Phi) is 4.10. The zero-order valence-corrected chi connectivity index (χ0v) is 10.7. The third kappa shape index (κ3) is 3.12. The van der Waals surface area contributed by atoms with Crippen LogP contribution in [-0.4, -0.2) is 29.3 Å². The van der Waals surface area contributed by atoms with Crippen LogP contribution in [-0.2, 0) is 4.79 Å². The quantitative estimate of drug-likeness (QED) is 0.639. The molecule has 0 spiro atoms. The van der Waals surface area contributed by atoms with Gasteiger partial charge in [-0.1, -0.05) is 0 Å². The van der Waals surface area contributed by atoms with Crippen molar-refractivity contribution in [2.24, 2.45) is 0 Å². The van der Waals surface area contributed by atoms with Crippen LogP contribution in [0, 0.1) is 21.7 Å². The lowest BCUT2D eigenvalue weighted by molar-refractivity contribution is -0.387. The van der Waals surface area contributed by atoms with Gasteiger partial charge in [-0.25, -0.2) is 4.39 Å². The van der Waals surface area contributed by atoms with Crippen molar-refractivity contribution < 1.29 is 23.3 Å². The lowest BCUT2D eigenvalue weighted by atomic mass is 10.1. The molecule has 1 unspecified atom stereocenters. The van der Waals surface area contributed by atoms with Gasteiger partial charge in [-0.05, 0) is 18.9 Å². The van der Waals surface area contributed by atoms with Crippen LogP contribution >= 0.6 is 0 Å². The summed E-state index contributed by atoms with van der Waals surface area (Å²) in [6, 6.07) is 0.0747. The molecule has 2 amide bonds. The highest BCUT2D eigenvalue weighted by Gasteiger charge is 2.28. The molecule has 0 bridgehead atoms. The van der Waals surface area contributed by atoms with Crippen molar-refractivity contribution in [2.45, 2.75) is 18.9 Å². The highest BCUT2D eigenvalue weighted by atomic mass is 19.1. The van der Waals surface area contributed by atoms with Crippen LogP contribution in [0.3, 0.4) is 0 Å². The minimum Gasteiger partial charge on any atom is -0.354 e. The van der Waals surface area contributed by atoms with E-state index in [0.717, 1.165) is 0 Å². The molecule has 1 aromatic carbocycles. The summed E-state index contributed by atoms with van der Waals surface area (Å²) in [5.41, 5.74) is -1.94. The summed E-state index contributed by atoms with van der Waals surface area (Å²) in [4.78, 5) is 32.8. The Morgan fingerprint density at radius 3 is 2.76 bits per heavy atom. The van der Waals surface area contributed by atoms with Crippen LogP contribution in [0.2, 0.25) is 0 Å². The van der Waals surface area contributed by atoms with Crippen molar-refractivity contribution in [1.82, 2.24) is 10.6 Å². The smallest absolute Gasteiger partial charge is 0.308 e. The van der Waals surface area contributed by atoms with Crippen LogP contribution in [0.5, 0.6) is 0 Å². The predicted octanol–water partition coefficient (Wildman–Crippen LogP) is 0.881. The molecule has 21 heavy (non-hydrogen) atoms. The molecule has 0 saturated carbocycles. The number of piperidine rings is 1. The second-order valence-electron chi connectivity index (χ2n) is 4.50. The number of hydrogen-bond donors (Lipinski definition) is 2. The number of nitrogens with one attached hydrogen (secondary N) is 2. The van der Waals surface area contributed by atoms with E-state index in [1.54, 1.807) is 0 Å². The molecular formula is C12H11F2N3O4. The number of nitro groups is 1. The molecule has 112 valence electrons. The van der Waals surface area contributed by atoms with Crippen LogP contribution < -0.4 is 10.6 Å². The maximum atomic E-state index is 13.8. The number of carbonyl (C=O) groups excluding carboxylic acids is 2. The molecule has 7 nitrogen and oxygen atoms in total. The second-order valence-corrected chi connectivity index (χ2v) is 4.50. The maximum Gasteiger partial charge on any atom is 0.308 e. The van der Waals surface area contributed by atoms with Gasteiger partial charge in [0.2, 0.25) is 11.7 Å². The third-order valence-electron chi connectivity index (χ3n) is 3.05. The standard InChI is InChI=1S/C12H11F2N3O4/c13-6-4-7(10(14)9(5-6)17(20)21)11(18)16-8-2-1-3-15-12(8)19/h4-5,8H,1-3H2,(H,15,19)(H,16,18). The van der Waals surface area contributed by atoms with Gasteiger partial charge in [0.05, 0.1) is 16.6 Å². The van der Waals surface area contributed by atoms with Crippen LogP contribution in [0.25, 0.3) is 0 Å². The van der Waals surface area contributed by atoms with Crippen molar-refractivity contribution >= 4 is 17.5 Å². The fourth-order valence-corrected chi connectivity index (χ4v) is 2.02. The molecule has 9 heteroatoms. The Morgan fingerprint density at radius 2 is 2.14 bits per heavy atom. The minimum absolute atomic E-state index is 0.358. The molecule has 1 aliphatic heterocycles. The number of nitrogens with zero attached hydrogens (tertiary/aromatic N) is 1. The average molecular weight is 299 g/mol. The lowest BCUT2D eigenvalue weighted by Crippen LogP contribution is -2.50. The Labute approximate surface area is 117 Å². The second kappa shape index (κ2) is 5.81. The maximum absolute atomic E-state index is 13.8. The van der Waals surface area contributed by atoms with Gasteiger partial charge in [0.15, 0.2) is 0 Å². The molecule has 1 fully saturated rings. The van der Waals surface area contributed by atoms with Gasteiger partial charge < -0.3 is 10.6 Å². The SMILES string of the molecule is O=C(NC1CCCNC1=O)c1cc(F)cc([N+](=O)[O-])c1F. The van der Waals surface area contributed by atoms with E-state index in [1.165, 1.54) is 0 Å². The van der Waals surface area contributed by atoms with Crippen molar-refractivity contribution in [3.8, 4) is 0 Å². The summed E-state index contributed by atoms with van der Waals surface area (Å²) >= 11 is 0. The highest BCUT2D eigenvalue weighted by Crippen LogP contribution is 2.22. The molecular weight excluding hydrogens is 288 g/mol. The molecule has 0 radical (unpaired) electrons. The first kappa shape index (κ1) is 14.8. The molecule has 1 aliphatic rings. The fourth-order valence-electron chi connectivity index (χ4n) is 2.02. The third-order valence-corrected chi connectivity index (χ3v) is 3.05. The van der Waals surface area contributed by atoms with Gasteiger partial charge >= 0.3 is 5.69 Å². The Hall–Kier alpha value is -2.58. The van der Waals surface area contributed by atoms with Crippen LogP contribution in [0.4, 0.5) is 14.5 Å². The summed E-state index contributed by atoms with van der Waals surface area (Å²) in [7, 11) is 0. The zero-order chi connectivity index (χ0) is 15.6. The first-order chi connectivity index (χ1) is 9.90. The number of halogens is 2. The summed E-state index contributed by atoms with van der Waals surface area (Å²) in [6.07, 6.45) is 0.985. The first-order valence-electron chi connectivity index (χ1n) is 6.12. The zero-order valence-electron chi connectivity index (χ0n) is 10.7. The van der Waals surface area contributed by atoms with Gasteiger partial charge in [0.1, 0.15) is 11.9 Å². The number of nitro benzene ring substituents is 1. The predicted molar refractivity (Wildman–Crippen MR) is 66.5 cm³/mol. The van der Waals surface area contributed by atoms with Gasteiger partial charge in [-0.2, -0.15) is 4.39 Å². The van der Waals surface area contributed by atoms with Crippen molar-refractivity contribution in [2.75, 3.05) is 6.54 Å². The summed E-state index contributed by atoms with van der Waals surface area (Å²) in [5, 5.41) is 15.3. The van der Waals surface area contributed by atoms with E-state index in [0.29, 0.717) is 31.5 Å². The van der Waals surface area contributed by atoms with Gasteiger partial charge in [0.25, 0.3) is 5.91 Å². The Balaban J connectivity index is 2.26. The van der Waals surface area contributed by atoms with Gasteiger partial charge in [-0.15, -0.1) is 0 Å². The first-order valence-corrected chi connectivity index (χ1v) is 6.12. The molecule has 2 N–H and O–H groups in total.